The molecule has 0 aliphatic carbocycles. The van der Waals surface area contributed by atoms with Crippen LogP contribution in [0, 0.1) is 18.2 Å². The second-order valence-electron chi connectivity index (χ2n) is 7.69. The molecular formula is C22H26FN3O2. The van der Waals surface area contributed by atoms with Crippen LogP contribution in [-0.2, 0) is 11.3 Å². The van der Waals surface area contributed by atoms with Gasteiger partial charge in [0.1, 0.15) is 5.82 Å². The Labute approximate surface area is 164 Å². The number of hydrogen-bond acceptors (Lipinski definition) is 2. The predicted octanol–water partition coefficient (Wildman–Crippen LogP) is 4.08. The molecule has 1 atom stereocenters. The zero-order valence-corrected chi connectivity index (χ0v) is 16.3. The molecular weight excluding hydrogens is 357 g/mol. The van der Waals surface area contributed by atoms with E-state index in [0.717, 1.165) is 18.4 Å². The van der Waals surface area contributed by atoms with Crippen molar-refractivity contribution in [3.8, 4) is 0 Å². The molecule has 148 valence electrons. The highest BCUT2D eigenvalue weighted by Gasteiger charge is 2.39. The molecule has 28 heavy (non-hydrogen) atoms. The van der Waals surface area contributed by atoms with Gasteiger partial charge in [0, 0.05) is 25.3 Å². The Morgan fingerprint density at radius 3 is 2.46 bits per heavy atom. The molecule has 3 amide bonds. The van der Waals surface area contributed by atoms with Crippen molar-refractivity contribution >= 4 is 17.6 Å². The van der Waals surface area contributed by atoms with Crippen LogP contribution in [0.2, 0.25) is 0 Å². The van der Waals surface area contributed by atoms with Gasteiger partial charge in [-0.1, -0.05) is 29.8 Å². The van der Waals surface area contributed by atoms with Crippen molar-refractivity contribution in [3.05, 3.63) is 65.5 Å². The Hall–Kier alpha value is -2.89. The molecule has 2 aromatic carbocycles. The standard InChI is InChI=1S/C22H26FN3O2/c1-16-4-6-17(7-5-16)14-24-20(27)22(2)12-3-13-26(15-22)21(28)25-19-10-8-18(23)9-11-19/h4-11H,3,12-15H2,1-2H3,(H,24,27)(H,25,28). The highest BCUT2D eigenvalue weighted by Crippen LogP contribution is 2.30. The Kier molecular flexibility index (Phi) is 5.97. The summed E-state index contributed by atoms with van der Waals surface area (Å²) in [4.78, 5) is 27.0. The molecule has 0 bridgehead atoms. The average molecular weight is 383 g/mol. The molecule has 1 saturated heterocycles. The summed E-state index contributed by atoms with van der Waals surface area (Å²) >= 11 is 0. The summed E-state index contributed by atoms with van der Waals surface area (Å²) in [5, 5.41) is 5.77. The SMILES string of the molecule is Cc1ccc(CNC(=O)C2(C)CCCN(C(=O)Nc3ccc(F)cc3)C2)cc1. The van der Waals surface area contributed by atoms with Gasteiger partial charge in [0.2, 0.25) is 5.91 Å². The zero-order valence-electron chi connectivity index (χ0n) is 16.3. The van der Waals surface area contributed by atoms with Crippen LogP contribution in [0.1, 0.15) is 30.9 Å². The van der Waals surface area contributed by atoms with Crippen molar-refractivity contribution in [2.75, 3.05) is 18.4 Å². The minimum atomic E-state index is -0.636. The van der Waals surface area contributed by atoms with Gasteiger partial charge in [-0.25, -0.2) is 9.18 Å². The van der Waals surface area contributed by atoms with Gasteiger partial charge in [-0.3, -0.25) is 4.79 Å². The van der Waals surface area contributed by atoms with E-state index >= 15 is 0 Å². The number of anilines is 1. The maximum atomic E-state index is 13.0. The predicted molar refractivity (Wildman–Crippen MR) is 107 cm³/mol. The highest BCUT2D eigenvalue weighted by atomic mass is 19.1. The number of aryl methyl sites for hydroxylation is 1. The molecule has 1 fully saturated rings. The average Bonchev–Trinajstić information content (AvgIpc) is 2.69. The molecule has 5 nitrogen and oxygen atoms in total. The summed E-state index contributed by atoms with van der Waals surface area (Å²) in [7, 11) is 0. The lowest BCUT2D eigenvalue weighted by Crippen LogP contribution is -2.52. The maximum Gasteiger partial charge on any atom is 0.321 e. The summed E-state index contributed by atoms with van der Waals surface area (Å²) < 4.78 is 13.0. The molecule has 1 heterocycles. The highest BCUT2D eigenvalue weighted by molar-refractivity contribution is 5.90. The van der Waals surface area contributed by atoms with Gasteiger partial charge in [-0.05, 0) is 56.5 Å². The lowest BCUT2D eigenvalue weighted by atomic mass is 9.81. The van der Waals surface area contributed by atoms with E-state index < -0.39 is 5.41 Å². The molecule has 1 aliphatic rings. The van der Waals surface area contributed by atoms with Crippen LogP contribution < -0.4 is 10.6 Å². The number of amides is 3. The summed E-state index contributed by atoms with van der Waals surface area (Å²) in [5.41, 5.74) is 2.12. The molecule has 2 N–H and O–H groups in total. The van der Waals surface area contributed by atoms with Crippen LogP contribution in [0.4, 0.5) is 14.9 Å². The van der Waals surface area contributed by atoms with Crippen molar-refractivity contribution in [2.45, 2.75) is 33.2 Å². The van der Waals surface area contributed by atoms with E-state index in [1.54, 1.807) is 4.90 Å². The van der Waals surface area contributed by atoms with E-state index in [1.807, 2.05) is 38.1 Å². The fraction of sp³-hybridized carbons (Fsp3) is 0.364. The monoisotopic (exact) mass is 383 g/mol. The third kappa shape index (κ3) is 4.88. The zero-order chi connectivity index (χ0) is 20.1. The lowest BCUT2D eigenvalue weighted by Gasteiger charge is -2.39. The topological polar surface area (TPSA) is 61.4 Å². The van der Waals surface area contributed by atoms with Crippen molar-refractivity contribution in [1.29, 1.82) is 0 Å². The third-order valence-electron chi connectivity index (χ3n) is 5.20. The number of likely N-dealkylation sites (tertiary alicyclic amines) is 1. The first-order valence-electron chi connectivity index (χ1n) is 9.51. The second-order valence-corrected chi connectivity index (χ2v) is 7.69. The Morgan fingerprint density at radius 1 is 1.11 bits per heavy atom. The molecule has 6 heteroatoms. The number of carbonyl (C=O) groups is 2. The third-order valence-corrected chi connectivity index (χ3v) is 5.20. The number of benzene rings is 2. The molecule has 1 aliphatic heterocycles. The molecule has 0 spiro atoms. The summed E-state index contributed by atoms with van der Waals surface area (Å²) in [5.74, 6) is -0.402. The number of halogens is 1. The van der Waals surface area contributed by atoms with Crippen molar-refractivity contribution in [3.63, 3.8) is 0 Å². The molecule has 0 radical (unpaired) electrons. The van der Waals surface area contributed by atoms with E-state index in [4.69, 9.17) is 0 Å². The van der Waals surface area contributed by atoms with Crippen molar-refractivity contribution in [2.24, 2.45) is 5.41 Å². The quantitative estimate of drug-likeness (QED) is 0.836. The molecule has 0 saturated carbocycles. The largest absolute Gasteiger partial charge is 0.351 e. The van der Waals surface area contributed by atoms with Crippen LogP contribution in [0.15, 0.2) is 48.5 Å². The number of nitrogens with zero attached hydrogens (tertiary/aromatic N) is 1. The summed E-state index contributed by atoms with van der Waals surface area (Å²) in [6, 6.07) is 13.4. The van der Waals surface area contributed by atoms with Crippen LogP contribution in [0.5, 0.6) is 0 Å². The van der Waals surface area contributed by atoms with E-state index in [1.165, 1.54) is 29.8 Å². The molecule has 3 rings (SSSR count). The van der Waals surface area contributed by atoms with Gasteiger partial charge in [-0.2, -0.15) is 0 Å². The number of rotatable bonds is 4. The Balaban J connectivity index is 1.58. The van der Waals surface area contributed by atoms with Gasteiger partial charge in [0.05, 0.1) is 5.41 Å². The number of nitrogens with one attached hydrogen (secondary N) is 2. The van der Waals surface area contributed by atoms with E-state index in [0.29, 0.717) is 25.3 Å². The van der Waals surface area contributed by atoms with Crippen LogP contribution >= 0.6 is 0 Å². The fourth-order valence-electron chi connectivity index (χ4n) is 3.44. The number of hydrogen-bond donors (Lipinski definition) is 2. The van der Waals surface area contributed by atoms with Gasteiger partial charge in [0.15, 0.2) is 0 Å². The second kappa shape index (κ2) is 8.42. The summed E-state index contributed by atoms with van der Waals surface area (Å²) in [6.07, 6.45) is 1.48. The smallest absolute Gasteiger partial charge is 0.321 e. The van der Waals surface area contributed by atoms with E-state index in [2.05, 4.69) is 10.6 Å². The van der Waals surface area contributed by atoms with Gasteiger partial charge in [0.25, 0.3) is 0 Å². The maximum absolute atomic E-state index is 13.0. The Bertz CT molecular complexity index is 836. The molecule has 1 unspecified atom stereocenters. The molecule has 2 aromatic rings. The van der Waals surface area contributed by atoms with Crippen molar-refractivity contribution in [1.82, 2.24) is 10.2 Å². The minimum absolute atomic E-state index is 0.0487. The van der Waals surface area contributed by atoms with Gasteiger partial charge >= 0.3 is 6.03 Å². The van der Waals surface area contributed by atoms with Crippen LogP contribution in [-0.4, -0.2) is 29.9 Å². The first-order valence-corrected chi connectivity index (χ1v) is 9.51. The first-order chi connectivity index (χ1) is 13.4. The number of piperidine rings is 1. The van der Waals surface area contributed by atoms with Crippen LogP contribution in [0.3, 0.4) is 0 Å². The summed E-state index contributed by atoms with van der Waals surface area (Å²) in [6.45, 7) is 5.33. The van der Waals surface area contributed by atoms with E-state index in [9.17, 15) is 14.0 Å². The van der Waals surface area contributed by atoms with Crippen molar-refractivity contribution < 1.29 is 14.0 Å². The Morgan fingerprint density at radius 2 is 1.79 bits per heavy atom. The lowest BCUT2D eigenvalue weighted by molar-refractivity contribution is -0.132. The minimum Gasteiger partial charge on any atom is -0.351 e. The number of carbonyl (C=O) groups excluding carboxylic acids is 2. The number of urea groups is 1. The molecule has 0 aromatic heterocycles. The van der Waals surface area contributed by atoms with Gasteiger partial charge in [-0.15, -0.1) is 0 Å². The van der Waals surface area contributed by atoms with E-state index in [-0.39, 0.29) is 17.8 Å². The fourth-order valence-corrected chi connectivity index (χ4v) is 3.44. The van der Waals surface area contributed by atoms with Crippen LogP contribution in [0.25, 0.3) is 0 Å². The van der Waals surface area contributed by atoms with Gasteiger partial charge < -0.3 is 15.5 Å². The normalized spacial score (nSPS) is 19.2. The first kappa shape index (κ1) is 19.9.